The van der Waals surface area contributed by atoms with Crippen molar-refractivity contribution in [1.82, 2.24) is 19.1 Å². The summed E-state index contributed by atoms with van der Waals surface area (Å²) in [6.45, 7) is 0.0399. The molecule has 0 saturated heterocycles. The van der Waals surface area contributed by atoms with Gasteiger partial charge in [-0.05, 0) is 18.2 Å². The molecule has 1 aromatic carbocycles. The Bertz CT molecular complexity index is 988. The smallest absolute Gasteiger partial charge is 0.362 e. The first-order valence-electron chi connectivity index (χ1n) is 7.43. The highest BCUT2D eigenvalue weighted by molar-refractivity contribution is 5.90. The van der Waals surface area contributed by atoms with Gasteiger partial charge in [-0.25, -0.2) is 9.78 Å². The predicted molar refractivity (Wildman–Crippen MR) is 87.6 cm³/mol. The van der Waals surface area contributed by atoms with Gasteiger partial charge in [0.05, 0.1) is 29.6 Å². The van der Waals surface area contributed by atoms with Gasteiger partial charge in [0.2, 0.25) is 0 Å². The number of benzene rings is 1. The van der Waals surface area contributed by atoms with E-state index in [0.717, 1.165) is 12.1 Å². The third kappa shape index (κ3) is 3.21. The Morgan fingerprint density at radius 2 is 1.96 bits per heavy atom. The molecule has 0 spiro atoms. The zero-order valence-electron chi connectivity index (χ0n) is 13.9. The number of imidazole rings is 1. The van der Waals surface area contributed by atoms with Crippen LogP contribution < -0.4 is 10.6 Å². The third-order valence-corrected chi connectivity index (χ3v) is 3.79. The van der Waals surface area contributed by atoms with Crippen molar-refractivity contribution in [3.05, 3.63) is 52.5 Å². The summed E-state index contributed by atoms with van der Waals surface area (Å²) in [5, 5.41) is 0.466. The van der Waals surface area contributed by atoms with Crippen molar-refractivity contribution < 1.29 is 13.2 Å². The van der Waals surface area contributed by atoms with Crippen LogP contribution in [0.5, 0.6) is 0 Å². The van der Waals surface area contributed by atoms with Gasteiger partial charge in [-0.1, -0.05) is 0 Å². The van der Waals surface area contributed by atoms with Crippen molar-refractivity contribution in [2.45, 2.75) is 12.7 Å². The van der Waals surface area contributed by atoms with Crippen LogP contribution in [0.1, 0.15) is 11.3 Å². The van der Waals surface area contributed by atoms with Gasteiger partial charge >= 0.3 is 11.9 Å². The molecule has 25 heavy (non-hydrogen) atoms. The van der Waals surface area contributed by atoms with Gasteiger partial charge in [0, 0.05) is 32.7 Å². The average Bonchev–Trinajstić information content (AvgIpc) is 2.93. The van der Waals surface area contributed by atoms with Gasteiger partial charge in [-0.2, -0.15) is 18.2 Å². The Balaban J connectivity index is 2.28. The molecule has 0 radical (unpaired) electrons. The molecule has 0 fully saturated rings. The zero-order valence-corrected chi connectivity index (χ0v) is 13.9. The number of hydrogen-bond donors (Lipinski definition) is 0. The van der Waals surface area contributed by atoms with Crippen molar-refractivity contribution in [3.63, 3.8) is 0 Å². The highest BCUT2D eigenvalue weighted by Crippen LogP contribution is 2.32. The number of aromatic nitrogens is 4. The summed E-state index contributed by atoms with van der Waals surface area (Å²) in [6.07, 6.45) is -1.24. The molecular weight excluding hydrogens is 335 g/mol. The number of alkyl halides is 3. The minimum Gasteiger partial charge on any atom is -0.362 e. The number of rotatable bonds is 3. The van der Waals surface area contributed by atoms with E-state index in [0.29, 0.717) is 16.9 Å². The van der Waals surface area contributed by atoms with E-state index in [1.54, 1.807) is 43.1 Å². The van der Waals surface area contributed by atoms with E-state index >= 15 is 0 Å². The van der Waals surface area contributed by atoms with Crippen molar-refractivity contribution in [2.24, 2.45) is 7.05 Å². The van der Waals surface area contributed by atoms with E-state index in [1.165, 1.54) is 10.6 Å². The highest BCUT2D eigenvalue weighted by atomic mass is 19.4. The van der Waals surface area contributed by atoms with Crippen LogP contribution in [0, 0.1) is 0 Å². The fourth-order valence-electron chi connectivity index (χ4n) is 2.64. The van der Waals surface area contributed by atoms with Gasteiger partial charge in [0.15, 0.2) is 0 Å². The van der Waals surface area contributed by atoms with Crippen molar-refractivity contribution in [2.75, 3.05) is 19.0 Å². The lowest BCUT2D eigenvalue weighted by atomic mass is 10.1. The van der Waals surface area contributed by atoms with E-state index < -0.39 is 17.4 Å². The van der Waals surface area contributed by atoms with Crippen molar-refractivity contribution in [1.29, 1.82) is 0 Å². The predicted octanol–water partition coefficient (Wildman–Crippen LogP) is 2.26. The van der Waals surface area contributed by atoms with Crippen LogP contribution in [-0.2, 0) is 19.8 Å². The largest absolute Gasteiger partial charge is 0.416 e. The Hall–Kier alpha value is -2.84. The molecule has 132 valence electrons. The molecule has 0 amide bonds. The molecule has 3 aromatic rings. The topological polar surface area (TPSA) is 56.0 Å². The maximum atomic E-state index is 13.1. The monoisotopic (exact) mass is 351 g/mol. The first-order chi connectivity index (χ1) is 11.7. The normalized spacial score (nSPS) is 11.9. The molecule has 0 saturated carbocycles. The quantitative estimate of drug-likeness (QED) is 0.726. The zero-order chi connectivity index (χ0) is 18.4. The molecule has 0 N–H and O–H groups in total. The molecule has 0 aliphatic heterocycles. The molecule has 0 atom stereocenters. The summed E-state index contributed by atoms with van der Waals surface area (Å²) in [5.74, 6) is 0.325. The molecule has 0 bridgehead atoms. The maximum absolute atomic E-state index is 13.1. The molecule has 6 nitrogen and oxygen atoms in total. The number of hydrogen-bond acceptors (Lipinski definition) is 4. The van der Waals surface area contributed by atoms with Crippen LogP contribution in [0.2, 0.25) is 0 Å². The average molecular weight is 351 g/mol. The summed E-state index contributed by atoms with van der Waals surface area (Å²) in [6, 6.07) is 3.32. The van der Waals surface area contributed by atoms with Gasteiger partial charge in [0.25, 0.3) is 0 Å². The lowest BCUT2D eigenvalue weighted by molar-refractivity contribution is -0.137. The molecular formula is C16H16F3N5O. The second kappa shape index (κ2) is 5.91. The SMILES string of the molecule is CN(C)c1nc(=O)n(Cc2cn(C)cn2)c2cc(C(F)(F)F)ccc12. The van der Waals surface area contributed by atoms with E-state index in [-0.39, 0.29) is 12.1 Å². The van der Waals surface area contributed by atoms with E-state index in [1.807, 2.05) is 0 Å². The second-order valence-electron chi connectivity index (χ2n) is 5.96. The number of fused-ring (bicyclic) bond motifs is 1. The van der Waals surface area contributed by atoms with E-state index in [2.05, 4.69) is 9.97 Å². The van der Waals surface area contributed by atoms with Crippen LogP contribution in [0.3, 0.4) is 0 Å². The van der Waals surface area contributed by atoms with Crippen LogP contribution in [0.25, 0.3) is 10.9 Å². The third-order valence-electron chi connectivity index (χ3n) is 3.79. The fraction of sp³-hybridized carbons (Fsp3) is 0.312. The van der Waals surface area contributed by atoms with E-state index in [9.17, 15) is 18.0 Å². The standard InChI is InChI=1S/C16H16F3N5O/c1-22(2)14-12-5-4-10(16(17,18)19)6-13(12)24(15(25)21-14)8-11-7-23(3)9-20-11/h4-7,9H,8H2,1-3H3. The molecule has 2 heterocycles. The van der Waals surface area contributed by atoms with Gasteiger partial charge in [-0.3, -0.25) is 4.57 Å². The second-order valence-corrected chi connectivity index (χ2v) is 5.96. The number of halogens is 3. The molecule has 9 heteroatoms. The van der Waals surface area contributed by atoms with Gasteiger partial charge in [0.1, 0.15) is 5.82 Å². The van der Waals surface area contributed by atoms with Gasteiger partial charge < -0.3 is 9.47 Å². The number of anilines is 1. The molecule has 2 aromatic heterocycles. The van der Waals surface area contributed by atoms with Crippen LogP contribution in [-0.4, -0.2) is 33.2 Å². The maximum Gasteiger partial charge on any atom is 0.416 e. The summed E-state index contributed by atoms with van der Waals surface area (Å²) in [5.41, 5.74) is -0.710. The van der Waals surface area contributed by atoms with Crippen LogP contribution in [0.4, 0.5) is 19.0 Å². The highest BCUT2D eigenvalue weighted by Gasteiger charge is 2.31. The fourth-order valence-corrected chi connectivity index (χ4v) is 2.64. The lowest BCUT2D eigenvalue weighted by Gasteiger charge is -2.18. The lowest BCUT2D eigenvalue weighted by Crippen LogP contribution is -2.27. The van der Waals surface area contributed by atoms with Crippen LogP contribution >= 0.6 is 0 Å². The molecule has 0 aliphatic carbocycles. The summed E-state index contributed by atoms with van der Waals surface area (Å²) in [7, 11) is 5.14. The number of nitrogens with zero attached hydrogens (tertiary/aromatic N) is 5. The first-order valence-corrected chi connectivity index (χ1v) is 7.43. The van der Waals surface area contributed by atoms with Crippen molar-refractivity contribution >= 4 is 16.7 Å². The first kappa shape index (κ1) is 17.0. The summed E-state index contributed by atoms with van der Waals surface area (Å²) < 4.78 is 42.2. The van der Waals surface area contributed by atoms with E-state index in [4.69, 9.17) is 0 Å². The molecule has 3 rings (SSSR count). The molecule has 0 aliphatic rings. The summed E-state index contributed by atoms with van der Waals surface area (Å²) in [4.78, 5) is 22.2. The van der Waals surface area contributed by atoms with Crippen LogP contribution in [0.15, 0.2) is 35.5 Å². The minimum absolute atomic E-state index is 0.0399. The van der Waals surface area contributed by atoms with Gasteiger partial charge in [-0.15, -0.1) is 0 Å². The Labute approximate surface area is 141 Å². The Kier molecular flexibility index (Phi) is 4.02. The Morgan fingerprint density at radius 1 is 1.24 bits per heavy atom. The Morgan fingerprint density at radius 3 is 2.52 bits per heavy atom. The van der Waals surface area contributed by atoms with Crippen molar-refractivity contribution in [3.8, 4) is 0 Å². The molecule has 0 unspecified atom stereocenters. The minimum atomic E-state index is -4.50. The number of aryl methyl sites for hydroxylation is 1. The summed E-state index contributed by atoms with van der Waals surface area (Å²) >= 11 is 0.